The number of amides is 1. The van der Waals surface area contributed by atoms with Gasteiger partial charge in [0.25, 0.3) is 0 Å². The number of rotatable bonds is 11. The number of ether oxygens (including phenoxy) is 1. The van der Waals surface area contributed by atoms with E-state index in [4.69, 9.17) is 44.0 Å². The number of aromatic carboxylic acids is 1. The van der Waals surface area contributed by atoms with Gasteiger partial charge in [-0.3, -0.25) is 0 Å². The minimum Gasteiger partial charge on any atom is -0.478 e. The number of furan rings is 1. The molecule has 2 aromatic carbocycles. The fraction of sp³-hybridized carbons (Fsp3) is 0.267. The van der Waals surface area contributed by atoms with E-state index < -0.39 is 17.7 Å². The van der Waals surface area contributed by atoms with Crippen LogP contribution in [0.4, 0.5) is 27.8 Å². The fourth-order valence-electron chi connectivity index (χ4n) is 4.03. The molecule has 0 unspecified atom stereocenters. The second-order valence-corrected chi connectivity index (χ2v) is 11.8. The number of nitrogens with zero attached hydrogens (tertiary/aromatic N) is 2. The summed E-state index contributed by atoms with van der Waals surface area (Å²) in [5, 5.41) is 23.3. The summed E-state index contributed by atoms with van der Waals surface area (Å²) in [7, 11) is 0. The van der Waals surface area contributed by atoms with Crippen molar-refractivity contribution >= 4 is 69.9 Å². The number of aromatic nitrogens is 2. The van der Waals surface area contributed by atoms with Gasteiger partial charge < -0.3 is 35.5 Å². The van der Waals surface area contributed by atoms with Crippen LogP contribution in [0, 0.1) is 6.92 Å². The van der Waals surface area contributed by atoms with Gasteiger partial charge in [0.1, 0.15) is 28.6 Å². The summed E-state index contributed by atoms with van der Waals surface area (Å²) in [6.07, 6.45) is -0.545. The Hall–Kier alpha value is -4.19. The Labute approximate surface area is 269 Å². The third kappa shape index (κ3) is 8.91. The zero-order chi connectivity index (χ0) is 32.0. The SMILES string of the molecule is Cc1nc(NCCNC(=O)OC(C)(C)C)c(NCc2ccc(-c3cc(Cl)ccc3Cl)o2)c(Nc2ccc(Cl)cc2C(=O)O)n1. The first-order valence-corrected chi connectivity index (χ1v) is 14.6. The Morgan fingerprint density at radius 2 is 1.64 bits per heavy atom. The Morgan fingerprint density at radius 3 is 2.36 bits per heavy atom. The lowest BCUT2D eigenvalue weighted by Gasteiger charge is -2.20. The van der Waals surface area contributed by atoms with Crippen molar-refractivity contribution in [2.45, 2.75) is 39.8 Å². The molecule has 0 spiro atoms. The Bertz CT molecular complexity index is 1670. The lowest BCUT2D eigenvalue weighted by Crippen LogP contribution is -2.35. The van der Waals surface area contributed by atoms with Gasteiger partial charge in [-0.05, 0) is 76.2 Å². The number of anilines is 4. The number of hydrogen-bond donors (Lipinski definition) is 5. The van der Waals surface area contributed by atoms with Crippen molar-refractivity contribution in [2.24, 2.45) is 0 Å². The largest absolute Gasteiger partial charge is 0.478 e. The maximum atomic E-state index is 12.1. The molecular weight excluding hydrogens is 631 g/mol. The molecule has 2 aromatic heterocycles. The molecule has 4 aromatic rings. The van der Waals surface area contributed by atoms with Gasteiger partial charge in [0.05, 0.1) is 22.8 Å². The normalized spacial score (nSPS) is 11.2. The maximum absolute atomic E-state index is 12.1. The molecule has 44 heavy (non-hydrogen) atoms. The van der Waals surface area contributed by atoms with E-state index in [9.17, 15) is 14.7 Å². The van der Waals surface area contributed by atoms with Gasteiger partial charge in [-0.1, -0.05) is 34.8 Å². The van der Waals surface area contributed by atoms with Gasteiger partial charge in [0.2, 0.25) is 0 Å². The number of carboxylic acids is 1. The van der Waals surface area contributed by atoms with E-state index in [1.54, 1.807) is 70.2 Å². The van der Waals surface area contributed by atoms with Gasteiger partial charge >= 0.3 is 12.1 Å². The molecule has 0 bridgehead atoms. The predicted octanol–water partition coefficient (Wildman–Crippen LogP) is 8.00. The molecule has 11 nitrogen and oxygen atoms in total. The molecule has 1 amide bonds. The smallest absolute Gasteiger partial charge is 0.407 e. The number of carbonyl (C=O) groups excluding carboxylic acids is 1. The van der Waals surface area contributed by atoms with Crippen LogP contribution in [0.1, 0.15) is 42.7 Å². The van der Waals surface area contributed by atoms with Crippen LogP contribution < -0.4 is 21.3 Å². The molecule has 14 heteroatoms. The van der Waals surface area contributed by atoms with E-state index in [-0.39, 0.29) is 29.4 Å². The average molecular weight is 662 g/mol. The highest BCUT2D eigenvalue weighted by Gasteiger charge is 2.19. The van der Waals surface area contributed by atoms with E-state index in [2.05, 4.69) is 31.2 Å². The number of hydrogen-bond acceptors (Lipinski definition) is 9. The van der Waals surface area contributed by atoms with E-state index >= 15 is 0 Å². The van der Waals surface area contributed by atoms with Crippen molar-refractivity contribution in [1.82, 2.24) is 15.3 Å². The van der Waals surface area contributed by atoms with Crippen LogP contribution >= 0.6 is 34.8 Å². The third-order valence-corrected chi connectivity index (χ3v) is 6.67. The summed E-state index contributed by atoms with van der Waals surface area (Å²) in [6, 6.07) is 13.2. The van der Waals surface area contributed by atoms with Gasteiger partial charge in [0, 0.05) is 28.7 Å². The molecule has 0 aliphatic heterocycles. The average Bonchev–Trinajstić information content (AvgIpc) is 3.40. The Morgan fingerprint density at radius 1 is 0.932 bits per heavy atom. The number of carboxylic acid groups (broad SMARTS) is 1. The van der Waals surface area contributed by atoms with Crippen LogP contribution in [0.5, 0.6) is 0 Å². The van der Waals surface area contributed by atoms with Crippen molar-refractivity contribution in [2.75, 3.05) is 29.0 Å². The molecular formula is C30H31Cl3N6O5. The highest BCUT2D eigenvalue weighted by Crippen LogP contribution is 2.34. The lowest BCUT2D eigenvalue weighted by atomic mass is 10.1. The first kappa shape index (κ1) is 32.7. The number of nitrogens with one attached hydrogen (secondary N) is 4. The molecule has 0 radical (unpaired) electrons. The molecule has 0 aliphatic carbocycles. The first-order valence-electron chi connectivity index (χ1n) is 13.5. The van der Waals surface area contributed by atoms with Crippen LogP contribution in [0.25, 0.3) is 11.3 Å². The number of carbonyl (C=O) groups is 2. The highest BCUT2D eigenvalue weighted by atomic mass is 35.5. The minimum absolute atomic E-state index is 0.0372. The molecule has 0 fully saturated rings. The first-order chi connectivity index (χ1) is 20.8. The van der Waals surface area contributed by atoms with Crippen LogP contribution in [0.3, 0.4) is 0 Å². The molecule has 4 rings (SSSR count). The van der Waals surface area contributed by atoms with Crippen molar-refractivity contribution in [1.29, 1.82) is 0 Å². The van der Waals surface area contributed by atoms with E-state index in [0.717, 1.165) is 0 Å². The monoisotopic (exact) mass is 660 g/mol. The number of benzene rings is 2. The molecule has 0 aliphatic rings. The van der Waals surface area contributed by atoms with Crippen LogP contribution in [-0.2, 0) is 11.3 Å². The molecule has 2 heterocycles. The summed E-state index contributed by atoms with van der Waals surface area (Å²) >= 11 is 18.6. The fourth-order valence-corrected chi connectivity index (χ4v) is 4.58. The van der Waals surface area contributed by atoms with Gasteiger partial charge in [0.15, 0.2) is 11.6 Å². The van der Waals surface area contributed by atoms with Gasteiger partial charge in [-0.2, -0.15) is 0 Å². The second kappa shape index (κ2) is 14.1. The summed E-state index contributed by atoms with van der Waals surface area (Å²) in [5.41, 5.74) is 0.689. The van der Waals surface area contributed by atoms with Crippen LogP contribution in [-0.4, -0.2) is 45.8 Å². The molecule has 232 valence electrons. The predicted molar refractivity (Wildman–Crippen MR) is 173 cm³/mol. The quantitative estimate of drug-likeness (QED) is 0.100. The highest BCUT2D eigenvalue weighted by molar-refractivity contribution is 6.35. The summed E-state index contributed by atoms with van der Waals surface area (Å²) in [5.74, 6) is 1.05. The van der Waals surface area contributed by atoms with Crippen LogP contribution in [0.15, 0.2) is 52.9 Å². The maximum Gasteiger partial charge on any atom is 0.407 e. The molecule has 0 atom stereocenters. The number of halogens is 3. The minimum atomic E-state index is -1.16. The van der Waals surface area contributed by atoms with Crippen molar-refractivity contribution in [3.8, 4) is 11.3 Å². The molecule has 0 saturated heterocycles. The van der Waals surface area contributed by atoms with Crippen molar-refractivity contribution < 1.29 is 23.8 Å². The summed E-state index contributed by atoms with van der Waals surface area (Å²) in [6.45, 7) is 7.78. The van der Waals surface area contributed by atoms with E-state index in [1.165, 1.54) is 6.07 Å². The Balaban J connectivity index is 1.60. The lowest BCUT2D eigenvalue weighted by molar-refractivity contribution is 0.0529. The Kier molecular flexibility index (Phi) is 10.5. The van der Waals surface area contributed by atoms with Gasteiger partial charge in [-0.15, -0.1) is 0 Å². The standard InChI is InChI=1S/C30H31Cl3N6O5/c1-16-37-26(34-11-12-35-29(42)44-30(2,3)4)25(27(38-16)39-23-9-6-18(32)14-21(23)28(40)41)36-15-19-7-10-24(43-19)20-13-17(31)5-8-22(20)33/h5-10,13-14,36H,11-12,15H2,1-4H3,(H,35,42)(H,40,41)(H2,34,37,38,39). The second-order valence-electron chi connectivity index (χ2n) is 10.6. The number of alkyl carbamates (subject to hydrolysis) is 1. The summed E-state index contributed by atoms with van der Waals surface area (Å²) in [4.78, 5) is 33.1. The van der Waals surface area contributed by atoms with E-state index in [1.807, 2.05) is 0 Å². The van der Waals surface area contributed by atoms with E-state index in [0.29, 0.717) is 56.8 Å². The van der Waals surface area contributed by atoms with Crippen molar-refractivity contribution in [3.05, 3.63) is 80.7 Å². The molecule has 5 N–H and O–H groups in total. The topological polar surface area (TPSA) is 151 Å². The number of aryl methyl sites for hydroxylation is 1. The molecule has 0 saturated carbocycles. The van der Waals surface area contributed by atoms with Crippen molar-refractivity contribution in [3.63, 3.8) is 0 Å². The van der Waals surface area contributed by atoms with Crippen LogP contribution in [0.2, 0.25) is 15.1 Å². The summed E-state index contributed by atoms with van der Waals surface area (Å²) < 4.78 is 11.3. The third-order valence-electron chi connectivity index (χ3n) is 5.87. The van der Waals surface area contributed by atoms with Gasteiger partial charge in [-0.25, -0.2) is 19.6 Å². The zero-order valence-electron chi connectivity index (χ0n) is 24.3. The zero-order valence-corrected chi connectivity index (χ0v) is 26.6.